The molecule has 4 nitrogen and oxygen atoms in total. The van der Waals surface area contributed by atoms with Crippen LogP contribution in [0.3, 0.4) is 0 Å². The molecule has 0 N–H and O–H groups in total. The summed E-state index contributed by atoms with van der Waals surface area (Å²) in [6, 6.07) is 27.8. The summed E-state index contributed by atoms with van der Waals surface area (Å²) in [4.78, 5) is 14.6. The SMILES string of the molecule is COc1ccccc1CCC[C@H](C)COC(=O)N(Cc1ccccc1)c1ccccc1. The largest absolute Gasteiger partial charge is 0.496 e. The number of carbonyl (C=O) groups is 1. The standard InChI is InChI=1S/C27H31NO3/c1-22(12-11-16-24-15-9-10-19-26(24)30-2)21-31-27(29)28(25-17-7-4-8-18-25)20-23-13-5-3-6-14-23/h3-10,13-15,17-19,22H,11-12,16,20-21H2,1-2H3/t22-/m0/s1. The van der Waals surface area contributed by atoms with E-state index in [1.54, 1.807) is 12.0 Å². The van der Waals surface area contributed by atoms with E-state index in [-0.39, 0.29) is 12.0 Å². The Morgan fingerprint density at radius 1 is 0.903 bits per heavy atom. The number of para-hydroxylation sites is 2. The number of ether oxygens (including phenoxy) is 2. The smallest absolute Gasteiger partial charge is 0.414 e. The van der Waals surface area contributed by atoms with E-state index in [1.165, 1.54) is 5.56 Å². The van der Waals surface area contributed by atoms with Crippen LogP contribution in [0, 0.1) is 5.92 Å². The van der Waals surface area contributed by atoms with E-state index in [0.717, 1.165) is 36.3 Å². The molecule has 0 fully saturated rings. The molecule has 1 amide bonds. The molecule has 0 aliphatic rings. The van der Waals surface area contributed by atoms with Crippen LogP contribution in [0.15, 0.2) is 84.9 Å². The third-order valence-corrected chi connectivity index (χ3v) is 5.30. The van der Waals surface area contributed by atoms with Crippen LogP contribution in [0.1, 0.15) is 30.9 Å². The van der Waals surface area contributed by atoms with Crippen molar-refractivity contribution in [3.8, 4) is 5.75 Å². The Balaban J connectivity index is 1.52. The molecular formula is C27H31NO3. The highest BCUT2D eigenvalue weighted by atomic mass is 16.6. The number of hydrogen-bond acceptors (Lipinski definition) is 3. The number of benzene rings is 3. The minimum Gasteiger partial charge on any atom is -0.496 e. The highest BCUT2D eigenvalue weighted by Crippen LogP contribution is 2.22. The molecule has 162 valence electrons. The van der Waals surface area contributed by atoms with Crippen LogP contribution in [0.5, 0.6) is 5.75 Å². The highest BCUT2D eigenvalue weighted by Gasteiger charge is 2.18. The Bertz CT molecular complexity index is 927. The summed E-state index contributed by atoms with van der Waals surface area (Å²) >= 11 is 0. The topological polar surface area (TPSA) is 38.8 Å². The highest BCUT2D eigenvalue weighted by molar-refractivity contribution is 5.87. The molecule has 3 rings (SSSR count). The fourth-order valence-corrected chi connectivity index (χ4v) is 3.56. The number of aryl methyl sites for hydroxylation is 1. The van der Waals surface area contributed by atoms with Crippen LogP contribution in [0.25, 0.3) is 0 Å². The second-order valence-electron chi connectivity index (χ2n) is 7.79. The predicted octanol–water partition coefficient (Wildman–Crippen LogP) is 6.50. The van der Waals surface area contributed by atoms with E-state index < -0.39 is 0 Å². The van der Waals surface area contributed by atoms with E-state index >= 15 is 0 Å². The van der Waals surface area contributed by atoms with E-state index in [1.807, 2.05) is 78.9 Å². The number of anilines is 1. The summed E-state index contributed by atoms with van der Waals surface area (Å²) < 4.78 is 11.1. The maximum Gasteiger partial charge on any atom is 0.414 e. The molecule has 0 saturated carbocycles. The van der Waals surface area contributed by atoms with E-state index in [4.69, 9.17) is 9.47 Å². The zero-order chi connectivity index (χ0) is 21.9. The van der Waals surface area contributed by atoms with Gasteiger partial charge in [0.05, 0.1) is 20.3 Å². The summed E-state index contributed by atoms with van der Waals surface area (Å²) in [5.74, 6) is 1.22. The zero-order valence-electron chi connectivity index (χ0n) is 18.4. The van der Waals surface area contributed by atoms with Gasteiger partial charge in [0, 0.05) is 5.69 Å². The third-order valence-electron chi connectivity index (χ3n) is 5.30. The first kappa shape index (κ1) is 22.4. The maximum atomic E-state index is 12.9. The van der Waals surface area contributed by atoms with Crippen LogP contribution in [0.2, 0.25) is 0 Å². The lowest BCUT2D eigenvalue weighted by Gasteiger charge is -2.23. The Kier molecular flexibility index (Phi) is 8.53. The molecule has 3 aromatic rings. The van der Waals surface area contributed by atoms with Crippen LogP contribution < -0.4 is 9.64 Å². The number of amides is 1. The lowest BCUT2D eigenvalue weighted by atomic mass is 10.0. The minimum atomic E-state index is -0.313. The van der Waals surface area contributed by atoms with Crippen molar-refractivity contribution in [2.45, 2.75) is 32.7 Å². The molecule has 0 aliphatic heterocycles. The Morgan fingerprint density at radius 2 is 1.55 bits per heavy atom. The van der Waals surface area contributed by atoms with E-state index in [9.17, 15) is 4.79 Å². The monoisotopic (exact) mass is 417 g/mol. The van der Waals surface area contributed by atoms with E-state index in [0.29, 0.717) is 13.2 Å². The van der Waals surface area contributed by atoms with Crippen LogP contribution in [-0.2, 0) is 17.7 Å². The molecule has 1 atom stereocenters. The summed E-state index contributed by atoms with van der Waals surface area (Å²) in [5.41, 5.74) is 3.11. The molecule has 31 heavy (non-hydrogen) atoms. The molecule has 0 unspecified atom stereocenters. The number of nitrogens with zero attached hydrogens (tertiary/aromatic N) is 1. The van der Waals surface area contributed by atoms with Gasteiger partial charge in [0.25, 0.3) is 0 Å². The van der Waals surface area contributed by atoms with Gasteiger partial charge in [0.2, 0.25) is 0 Å². The van der Waals surface area contributed by atoms with Crippen LogP contribution in [0.4, 0.5) is 10.5 Å². The summed E-state index contributed by atoms with van der Waals surface area (Å²) in [6.45, 7) is 3.01. The van der Waals surface area contributed by atoms with Gasteiger partial charge in [-0.1, -0.05) is 73.7 Å². The van der Waals surface area contributed by atoms with Crippen molar-refractivity contribution in [1.82, 2.24) is 0 Å². The molecule has 0 heterocycles. The van der Waals surface area contributed by atoms with Gasteiger partial charge in [0.15, 0.2) is 0 Å². The molecule has 4 heteroatoms. The van der Waals surface area contributed by atoms with Crippen molar-refractivity contribution in [2.24, 2.45) is 5.92 Å². The normalized spacial score (nSPS) is 11.5. The Morgan fingerprint density at radius 3 is 2.26 bits per heavy atom. The van der Waals surface area contributed by atoms with Crippen LogP contribution >= 0.6 is 0 Å². The second-order valence-corrected chi connectivity index (χ2v) is 7.79. The van der Waals surface area contributed by atoms with E-state index in [2.05, 4.69) is 13.0 Å². The number of hydrogen-bond donors (Lipinski definition) is 0. The van der Waals surface area contributed by atoms with Crippen molar-refractivity contribution in [2.75, 3.05) is 18.6 Å². The molecule has 0 bridgehead atoms. The van der Waals surface area contributed by atoms with Crippen molar-refractivity contribution in [3.05, 3.63) is 96.1 Å². The summed E-state index contributed by atoms with van der Waals surface area (Å²) in [7, 11) is 1.70. The van der Waals surface area contributed by atoms with Gasteiger partial charge in [-0.2, -0.15) is 0 Å². The van der Waals surface area contributed by atoms with Crippen LogP contribution in [-0.4, -0.2) is 19.8 Å². The van der Waals surface area contributed by atoms with Gasteiger partial charge in [-0.05, 0) is 54.5 Å². The quantitative estimate of drug-likeness (QED) is 0.378. The zero-order valence-corrected chi connectivity index (χ0v) is 18.4. The van der Waals surface area contributed by atoms with Crippen molar-refractivity contribution >= 4 is 11.8 Å². The molecular weight excluding hydrogens is 386 g/mol. The second kappa shape index (κ2) is 11.8. The number of carbonyl (C=O) groups excluding carboxylic acids is 1. The van der Waals surface area contributed by atoms with Crippen molar-refractivity contribution < 1.29 is 14.3 Å². The van der Waals surface area contributed by atoms with Gasteiger partial charge in [-0.15, -0.1) is 0 Å². The maximum absolute atomic E-state index is 12.9. The molecule has 3 aromatic carbocycles. The fourth-order valence-electron chi connectivity index (χ4n) is 3.56. The number of methoxy groups -OCH3 is 1. The predicted molar refractivity (Wildman–Crippen MR) is 126 cm³/mol. The Hall–Kier alpha value is -3.27. The van der Waals surface area contributed by atoms with Gasteiger partial charge in [-0.25, -0.2) is 4.79 Å². The van der Waals surface area contributed by atoms with Gasteiger partial charge < -0.3 is 9.47 Å². The average Bonchev–Trinajstić information content (AvgIpc) is 2.82. The third kappa shape index (κ3) is 6.88. The minimum absolute atomic E-state index is 0.285. The van der Waals surface area contributed by atoms with Gasteiger partial charge in [-0.3, -0.25) is 4.90 Å². The van der Waals surface area contributed by atoms with Crippen molar-refractivity contribution in [3.63, 3.8) is 0 Å². The molecule has 0 aliphatic carbocycles. The first-order chi connectivity index (χ1) is 15.2. The fraction of sp³-hybridized carbons (Fsp3) is 0.296. The lowest BCUT2D eigenvalue weighted by molar-refractivity contribution is 0.134. The van der Waals surface area contributed by atoms with Gasteiger partial charge >= 0.3 is 6.09 Å². The van der Waals surface area contributed by atoms with Crippen molar-refractivity contribution in [1.29, 1.82) is 0 Å². The first-order valence-corrected chi connectivity index (χ1v) is 10.8. The molecule has 0 aromatic heterocycles. The lowest BCUT2D eigenvalue weighted by Crippen LogP contribution is -2.32. The Labute approximate surface area is 185 Å². The number of rotatable bonds is 10. The summed E-state index contributed by atoms with van der Waals surface area (Å²) in [6.07, 6.45) is 2.64. The molecule has 0 radical (unpaired) electrons. The summed E-state index contributed by atoms with van der Waals surface area (Å²) in [5, 5.41) is 0. The first-order valence-electron chi connectivity index (χ1n) is 10.8. The molecule has 0 saturated heterocycles. The van der Waals surface area contributed by atoms with Gasteiger partial charge in [0.1, 0.15) is 5.75 Å². The molecule has 0 spiro atoms. The average molecular weight is 418 g/mol.